The summed E-state index contributed by atoms with van der Waals surface area (Å²) in [6, 6.07) is 22.6. The van der Waals surface area contributed by atoms with E-state index in [0.717, 1.165) is 54.5 Å². The van der Waals surface area contributed by atoms with E-state index in [2.05, 4.69) is 41.0 Å². The number of benzene rings is 3. The summed E-state index contributed by atoms with van der Waals surface area (Å²) in [7, 11) is 1.64. The number of ether oxygens (including phenoxy) is 1. The zero-order valence-corrected chi connectivity index (χ0v) is 21.6. The number of rotatable bonds is 7. The summed E-state index contributed by atoms with van der Waals surface area (Å²) in [6.07, 6.45) is 0.648. The summed E-state index contributed by atoms with van der Waals surface area (Å²) < 4.78 is 5.29. The van der Waals surface area contributed by atoms with Crippen LogP contribution in [0, 0.1) is 17.0 Å². The number of carbonyl (C=O) groups excluding carboxylic acids is 1. The molecule has 196 valence electrons. The second kappa shape index (κ2) is 11.0. The molecule has 0 aliphatic carbocycles. The molecule has 0 spiro atoms. The average molecular weight is 514 g/mol. The van der Waals surface area contributed by atoms with E-state index in [1.54, 1.807) is 24.3 Å². The van der Waals surface area contributed by atoms with Gasteiger partial charge in [-0.25, -0.2) is 5.01 Å². The van der Waals surface area contributed by atoms with Gasteiger partial charge < -0.3 is 9.64 Å². The zero-order valence-electron chi connectivity index (χ0n) is 21.6. The summed E-state index contributed by atoms with van der Waals surface area (Å²) >= 11 is 0. The fourth-order valence-corrected chi connectivity index (χ4v) is 4.96. The lowest BCUT2D eigenvalue weighted by molar-refractivity contribution is -0.384. The third-order valence-corrected chi connectivity index (χ3v) is 7.21. The predicted molar refractivity (Wildman–Crippen MR) is 147 cm³/mol. The van der Waals surface area contributed by atoms with Crippen molar-refractivity contribution in [3.63, 3.8) is 0 Å². The van der Waals surface area contributed by atoms with Crippen LogP contribution in [0.2, 0.25) is 0 Å². The molecular formula is C29H31N5O4. The third kappa shape index (κ3) is 5.52. The Balaban J connectivity index is 1.27. The first kappa shape index (κ1) is 25.4. The summed E-state index contributed by atoms with van der Waals surface area (Å²) in [4.78, 5) is 28.5. The SMILES string of the molecule is COc1ccc(C2=NN(C(=O)CN3CCN(c4ccc([N+](=O)[O-])cc4)CC3)[C@H](c3ccc(C)cc3)C2)cc1. The Morgan fingerprint density at radius 1 is 0.974 bits per heavy atom. The van der Waals surface area contributed by atoms with Crippen molar-refractivity contribution in [1.29, 1.82) is 0 Å². The van der Waals surface area contributed by atoms with E-state index in [4.69, 9.17) is 9.84 Å². The number of non-ortho nitro benzene ring substituents is 1. The molecule has 1 fully saturated rings. The topological polar surface area (TPSA) is 91.5 Å². The van der Waals surface area contributed by atoms with Crippen molar-refractivity contribution >= 4 is 23.0 Å². The Hall–Kier alpha value is -4.24. The smallest absolute Gasteiger partial charge is 0.269 e. The minimum absolute atomic E-state index is 0.0251. The van der Waals surface area contributed by atoms with Gasteiger partial charge in [-0.2, -0.15) is 5.10 Å². The number of nitro benzene ring substituents is 1. The Bertz CT molecular complexity index is 1310. The quantitative estimate of drug-likeness (QED) is 0.343. The van der Waals surface area contributed by atoms with Crippen LogP contribution in [0.25, 0.3) is 0 Å². The summed E-state index contributed by atoms with van der Waals surface area (Å²) in [5.41, 5.74) is 5.14. The van der Waals surface area contributed by atoms with Gasteiger partial charge in [0.1, 0.15) is 5.75 Å². The molecule has 0 saturated carbocycles. The minimum Gasteiger partial charge on any atom is -0.497 e. The molecule has 2 aliphatic heterocycles. The van der Waals surface area contributed by atoms with Crippen molar-refractivity contribution in [3.8, 4) is 5.75 Å². The summed E-state index contributed by atoms with van der Waals surface area (Å²) in [6.45, 7) is 5.27. The van der Waals surface area contributed by atoms with E-state index in [9.17, 15) is 14.9 Å². The standard InChI is InChI=1S/C29H31N5O4/c1-21-3-5-23(6-4-21)28-19-27(22-7-13-26(38-2)14-8-22)30-33(28)29(35)20-31-15-17-32(18-16-31)24-9-11-25(12-10-24)34(36)37/h3-14,28H,15-20H2,1-2H3/t28-/m0/s1. The molecule has 3 aromatic rings. The maximum absolute atomic E-state index is 13.6. The van der Waals surface area contributed by atoms with Gasteiger partial charge in [-0.3, -0.25) is 19.8 Å². The van der Waals surface area contributed by atoms with Crippen molar-refractivity contribution in [3.05, 3.63) is 99.6 Å². The zero-order chi connectivity index (χ0) is 26.6. The van der Waals surface area contributed by atoms with Gasteiger partial charge >= 0.3 is 0 Å². The van der Waals surface area contributed by atoms with Gasteiger partial charge in [0, 0.05) is 50.4 Å². The normalized spacial score (nSPS) is 17.8. The van der Waals surface area contributed by atoms with E-state index >= 15 is 0 Å². The molecule has 38 heavy (non-hydrogen) atoms. The molecule has 1 atom stereocenters. The van der Waals surface area contributed by atoms with Gasteiger partial charge in [0.15, 0.2) is 0 Å². The highest BCUT2D eigenvalue weighted by Crippen LogP contribution is 2.33. The van der Waals surface area contributed by atoms with E-state index in [1.807, 2.05) is 24.3 Å². The first-order valence-electron chi connectivity index (χ1n) is 12.7. The number of nitrogens with zero attached hydrogens (tertiary/aromatic N) is 5. The largest absolute Gasteiger partial charge is 0.497 e. The number of hydrogen-bond donors (Lipinski definition) is 0. The van der Waals surface area contributed by atoms with E-state index in [-0.39, 0.29) is 24.2 Å². The average Bonchev–Trinajstić information content (AvgIpc) is 3.40. The molecule has 1 amide bonds. The predicted octanol–water partition coefficient (Wildman–Crippen LogP) is 4.41. The van der Waals surface area contributed by atoms with Gasteiger partial charge in [-0.05, 0) is 54.4 Å². The van der Waals surface area contributed by atoms with Gasteiger partial charge in [-0.1, -0.05) is 29.8 Å². The molecule has 2 aliphatic rings. The Kier molecular flexibility index (Phi) is 7.37. The molecule has 3 aromatic carbocycles. The molecule has 5 rings (SSSR count). The van der Waals surface area contributed by atoms with Gasteiger partial charge in [-0.15, -0.1) is 0 Å². The number of hydrogen-bond acceptors (Lipinski definition) is 7. The van der Waals surface area contributed by atoms with Crippen molar-refractivity contribution in [1.82, 2.24) is 9.91 Å². The van der Waals surface area contributed by atoms with Crippen LogP contribution in [0.1, 0.15) is 29.2 Å². The number of hydrazone groups is 1. The number of carbonyl (C=O) groups is 1. The first-order chi connectivity index (χ1) is 18.4. The van der Waals surface area contributed by atoms with Crippen LogP contribution in [-0.2, 0) is 4.79 Å². The van der Waals surface area contributed by atoms with Gasteiger partial charge in [0.2, 0.25) is 0 Å². The monoisotopic (exact) mass is 513 g/mol. The lowest BCUT2D eigenvalue weighted by Gasteiger charge is -2.36. The Morgan fingerprint density at radius 2 is 1.63 bits per heavy atom. The molecule has 0 aromatic heterocycles. The highest BCUT2D eigenvalue weighted by molar-refractivity contribution is 6.03. The lowest BCUT2D eigenvalue weighted by Crippen LogP contribution is -2.49. The molecule has 0 radical (unpaired) electrons. The van der Waals surface area contributed by atoms with Crippen LogP contribution in [-0.4, -0.2) is 66.3 Å². The number of nitro groups is 1. The summed E-state index contributed by atoms with van der Waals surface area (Å²) in [5.74, 6) is 0.756. The lowest BCUT2D eigenvalue weighted by atomic mass is 9.97. The molecule has 9 heteroatoms. The second-order valence-electron chi connectivity index (χ2n) is 9.68. The van der Waals surface area contributed by atoms with Crippen LogP contribution < -0.4 is 9.64 Å². The van der Waals surface area contributed by atoms with Crippen molar-refractivity contribution in [2.24, 2.45) is 5.10 Å². The molecule has 0 N–H and O–H groups in total. The van der Waals surface area contributed by atoms with Crippen LogP contribution in [0.3, 0.4) is 0 Å². The van der Waals surface area contributed by atoms with Crippen LogP contribution >= 0.6 is 0 Å². The van der Waals surface area contributed by atoms with Crippen LogP contribution in [0.5, 0.6) is 5.75 Å². The van der Waals surface area contributed by atoms with Crippen LogP contribution in [0.15, 0.2) is 77.9 Å². The molecule has 0 bridgehead atoms. The number of piperazine rings is 1. The van der Waals surface area contributed by atoms with Crippen molar-refractivity contribution in [2.45, 2.75) is 19.4 Å². The maximum atomic E-state index is 13.6. The number of methoxy groups -OCH3 is 1. The summed E-state index contributed by atoms with van der Waals surface area (Å²) in [5, 5.41) is 17.4. The Morgan fingerprint density at radius 3 is 2.24 bits per heavy atom. The van der Waals surface area contributed by atoms with E-state index < -0.39 is 4.92 Å². The van der Waals surface area contributed by atoms with E-state index in [0.29, 0.717) is 6.42 Å². The number of aryl methyl sites for hydroxylation is 1. The highest BCUT2D eigenvalue weighted by atomic mass is 16.6. The fraction of sp³-hybridized carbons (Fsp3) is 0.310. The van der Waals surface area contributed by atoms with Crippen molar-refractivity contribution in [2.75, 3.05) is 44.7 Å². The molecule has 0 unspecified atom stereocenters. The number of amides is 1. The number of anilines is 1. The maximum Gasteiger partial charge on any atom is 0.269 e. The minimum atomic E-state index is -0.391. The molecule has 1 saturated heterocycles. The fourth-order valence-electron chi connectivity index (χ4n) is 4.96. The first-order valence-corrected chi connectivity index (χ1v) is 12.7. The molecule has 2 heterocycles. The molecule has 9 nitrogen and oxygen atoms in total. The highest BCUT2D eigenvalue weighted by Gasteiger charge is 2.34. The van der Waals surface area contributed by atoms with E-state index in [1.165, 1.54) is 17.7 Å². The van der Waals surface area contributed by atoms with Gasteiger partial charge in [0.05, 0.1) is 30.3 Å². The van der Waals surface area contributed by atoms with Crippen molar-refractivity contribution < 1.29 is 14.5 Å². The second-order valence-corrected chi connectivity index (χ2v) is 9.68. The van der Waals surface area contributed by atoms with Crippen LogP contribution in [0.4, 0.5) is 11.4 Å². The van der Waals surface area contributed by atoms with Gasteiger partial charge in [0.25, 0.3) is 11.6 Å². The molecular weight excluding hydrogens is 482 g/mol. The Labute approximate surface area is 222 Å². The third-order valence-electron chi connectivity index (χ3n) is 7.21.